The summed E-state index contributed by atoms with van der Waals surface area (Å²) in [5, 5.41) is 13.3. The fourth-order valence-corrected chi connectivity index (χ4v) is 10.8. The van der Waals surface area contributed by atoms with Gasteiger partial charge in [-0.3, -0.25) is 29.3 Å². The number of alkyl halides is 9. The van der Waals surface area contributed by atoms with Gasteiger partial charge in [-0.2, -0.15) is 59.7 Å². The standard InChI is InChI=1S/C57H45F12N12O7P/c1-28-49(52(70)82)46(79(76-28)43-4-7-73-40(22-43)16-31-10-34(55(61,62)63)19-37(58)13-31)25-86-89(85,87-26-47-50(53(71)83)29(2)77-80(47)44-5-8-74-41(23-44)17-32-11-35(56(64,65)66)20-38(59)14-32)88-27-48-51(54(72)84)30(3)78-81(48)45-6-9-75-42(24-45)18-33-12-36(57(67,68)69)21-39(60)15-33/h4-15,19-24,85H,16-18,25-27H2,1-3H3,(H5-,70,71,72,82,83,84)/p+1. The molecule has 0 saturated carbocycles. The highest BCUT2D eigenvalue weighted by atomic mass is 31.2. The van der Waals surface area contributed by atoms with Crippen LogP contribution in [-0.2, 0) is 71.2 Å². The Morgan fingerprint density at radius 3 is 0.944 bits per heavy atom. The lowest BCUT2D eigenvalue weighted by atomic mass is 10.0. The summed E-state index contributed by atoms with van der Waals surface area (Å²) in [5.74, 6) is -6.80. The summed E-state index contributed by atoms with van der Waals surface area (Å²) in [4.78, 5) is 65.1. The SMILES string of the molecule is Cc1nn(-c2ccnc(Cc3cc(F)cc(C(F)(F)F)c3)c2)c(CO[P+](O)(OCc2c(C(N)=O)c(C)nn2-c2ccnc(Cc3cc(F)cc(C(F)(F)F)c3)c2)OCc2c(C(N)=O)c(C)nn2-c2ccnc(Cc3cc(F)cc(C(F)(F)F)c3)c2)c1C(N)=O. The molecule has 0 aliphatic heterocycles. The number of rotatable bonds is 21. The van der Waals surface area contributed by atoms with Crippen LogP contribution in [0.15, 0.2) is 110 Å². The molecule has 0 radical (unpaired) electrons. The van der Waals surface area contributed by atoms with E-state index in [2.05, 4.69) is 30.2 Å². The molecular formula is C57H46F12N12O7P+. The van der Waals surface area contributed by atoms with Crippen LogP contribution < -0.4 is 17.2 Å². The van der Waals surface area contributed by atoms with Crippen LogP contribution in [0.2, 0.25) is 0 Å². The van der Waals surface area contributed by atoms with Gasteiger partial charge in [-0.05, 0) is 128 Å². The van der Waals surface area contributed by atoms with Crippen molar-refractivity contribution in [2.45, 2.75) is 78.4 Å². The summed E-state index contributed by atoms with van der Waals surface area (Å²) >= 11 is 0. The highest BCUT2D eigenvalue weighted by Crippen LogP contribution is 2.60. The number of aromatic nitrogens is 9. The van der Waals surface area contributed by atoms with E-state index >= 15 is 0 Å². The van der Waals surface area contributed by atoms with Crippen LogP contribution >= 0.6 is 8.17 Å². The number of primary amides is 3. The van der Waals surface area contributed by atoms with Crippen molar-refractivity contribution in [1.82, 2.24) is 44.3 Å². The number of nitrogens with zero attached hydrogens (tertiary/aromatic N) is 9. The molecule has 7 N–H and O–H groups in total. The smallest absolute Gasteiger partial charge is 0.365 e. The van der Waals surface area contributed by atoms with Crippen LogP contribution in [0.4, 0.5) is 52.7 Å². The lowest BCUT2D eigenvalue weighted by Crippen LogP contribution is -2.19. The molecular weight excluding hydrogens is 1220 g/mol. The van der Waals surface area contributed by atoms with Gasteiger partial charge in [-0.15, -0.1) is 13.6 Å². The molecule has 0 spiro atoms. The molecule has 9 rings (SSSR count). The monoisotopic (exact) mass is 1270 g/mol. The number of carbonyl (C=O) groups is 3. The zero-order valence-corrected chi connectivity index (χ0v) is 47.2. The minimum Gasteiger partial charge on any atom is -0.365 e. The molecule has 0 unspecified atom stereocenters. The molecule has 0 aliphatic carbocycles. The predicted octanol–water partition coefficient (Wildman–Crippen LogP) is 10.5. The molecule has 6 heterocycles. The summed E-state index contributed by atoms with van der Waals surface area (Å²) in [6.45, 7) is 1.31. The van der Waals surface area contributed by atoms with Gasteiger partial charge < -0.3 is 17.2 Å². The maximum atomic E-state index is 14.5. The van der Waals surface area contributed by atoms with E-state index in [9.17, 15) is 72.0 Å². The quantitative estimate of drug-likeness (QED) is 0.0386. The van der Waals surface area contributed by atoms with Crippen LogP contribution in [0.5, 0.6) is 0 Å². The Hall–Kier alpha value is -9.42. The Kier molecular flexibility index (Phi) is 18.0. The number of carbonyl (C=O) groups excluding carboxylic acids is 3. The second kappa shape index (κ2) is 25.0. The first-order valence-corrected chi connectivity index (χ1v) is 27.4. The van der Waals surface area contributed by atoms with E-state index in [0.29, 0.717) is 18.2 Å². The average Bonchev–Trinajstić information content (AvgIpc) is 1.83. The van der Waals surface area contributed by atoms with Gasteiger partial charge in [0.1, 0.15) is 37.3 Å². The van der Waals surface area contributed by atoms with E-state index in [4.69, 9.17) is 30.8 Å². The zero-order valence-electron chi connectivity index (χ0n) is 46.3. The van der Waals surface area contributed by atoms with Crippen molar-refractivity contribution in [2.75, 3.05) is 0 Å². The van der Waals surface area contributed by atoms with Crippen LogP contribution in [-0.4, -0.2) is 66.9 Å². The van der Waals surface area contributed by atoms with Gasteiger partial charge >= 0.3 is 26.7 Å². The summed E-state index contributed by atoms with van der Waals surface area (Å²) in [7, 11) is -5.16. The molecule has 0 saturated heterocycles. The third-order valence-corrected chi connectivity index (χ3v) is 14.8. The minimum absolute atomic E-state index is 0.0288. The first-order chi connectivity index (χ1) is 41.7. The van der Waals surface area contributed by atoms with Crippen molar-refractivity contribution in [3.05, 3.63) is 228 Å². The molecule has 3 aromatic carbocycles. The summed E-state index contributed by atoms with van der Waals surface area (Å²) in [6.07, 6.45) is -12.1. The number of nitrogens with two attached hydrogens (primary N) is 3. The van der Waals surface area contributed by atoms with E-state index < -0.39 is 98.4 Å². The predicted molar refractivity (Wildman–Crippen MR) is 290 cm³/mol. The number of pyridine rings is 3. The zero-order chi connectivity index (χ0) is 64.7. The number of benzene rings is 3. The maximum absolute atomic E-state index is 14.5. The van der Waals surface area contributed by atoms with Crippen LogP contribution in [0.25, 0.3) is 17.1 Å². The average molecular weight is 1270 g/mol. The van der Waals surface area contributed by atoms with E-state index in [1.165, 1.54) is 75.8 Å². The third kappa shape index (κ3) is 14.8. The van der Waals surface area contributed by atoms with Crippen molar-refractivity contribution < 1.29 is 85.5 Å². The molecule has 464 valence electrons. The molecule has 9 aromatic rings. The van der Waals surface area contributed by atoms with Gasteiger partial charge in [-0.1, -0.05) is 0 Å². The first-order valence-electron chi connectivity index (χ1n) is 25.9. The van der Waals surface area contributed by atoms with E-state index in [1.807, 2.05) is 0 Å². The number of hydrogen-bond acceptors (Lipinski definition) is 13. The third-order valence-electron chi connectivity index (χ3n) is 13.4. The fraction of sp³-hybridized carbons (Fsp3) is 0.211. The second-order valence-electron chi connectivity index (χ2n) is 19.9. The number of hydrogen-bond donors (Lipinski definition) is 4. The molecule has 0 fully saturated rings. The van der Waals surface area contributed by atoms with E-state index in [-0.39, 0.29) is 121 Å². The topological polar surface area (TPSA) is 269 Å². The Morgan fingerprint density at radius 2 is 0.708 bits per heavy atom. The molecule has 19 nitrogen and oxygen atoms in total. The Bertz CT molecular complexity index is 3800. The van der Waals surface area contributed by atoms with Crippen molar-refractivity contribution in [3.63, 3.8) is 0 Å². The van der Waals surface area contributed by atoms with Gasteiger partial charge in [-0.25, -0.2) is 27.2 Å². The fourth-order valence-electron chi connectivity index (χ4n) is 9.72. The molecule has 32 heteroatoms. The maximum Gasteiger partial charge on any atom is 0.573 e. The molecule has 3 amide bonds. The first kappa shape index (κ1) is 64.1. The van der Waals surface area contributed by atoms with Gasteiger partial charge in [0, 0.05) is 54.9 Å². The molecule has 0 bridgehead atoms. The van der Waals surface area contributed by atoms with E-state index in [1.54, 1.807) is 0 Å². The van der Waals surface area contributed by atoms with Crippen molar-refractivity contribution >= 4 is 25.9 Å². The van der Waals surface area contributed by atoms with Gasteiger partial charge in [0.05, 0.1) is 84.6 Å². The Labute approximate surface area is 495 Å². The largest absolute Gasteiger partial charge is 0.573 e. The van der Waals surface area contributed by atoms with Crippen LogP contribution in [0.3, 0.4) is 0 Å². The van der Waals surface area contributed by atoms with Crippen molar-refractivity contribution in [3.8, 4) is 17.1 Å². The number of aryl methyl sites for hydroxylation is 3. The Morgan fingerprint density at radius 1 is 0.449 bits per heavy atom. The summed E-state index contributed by atoms with van der Waals surface area (Å²) < 4.78 is 188. The van der Waals surface area contributed by atoms with Crippen LogP contribution in [0, 0.1) is 38.2 Å². The van der Waals surface area contributed by atoms with Crippen molar-refractivity contribution in [1.29, 1.82) is 0 Å². The molecule has 89 heavy (non-hydrogen) atoms. The number of halogens is 12. The number of amides is 3. The summed E-state index contributed by atoms with van der Waals surface area (Å²) in [5.41, 5.74) is 12.2. The normalized spacial score (nSPS) is 12.3. The lowest BCUT2D eigenvalue weighted by Gasteiger charge is -2.18. The highest BCUT2D eigenvalue weighted by molar-refractivity contribution is 7.55. The second-order valence-corrected chi connectivity index (χ2v) is 21.6. The molecule has 0 atom stereocenters. The van der Waals surface area contributed by atoms with E-state index in [0.717, 1.165) is 50.4 Å². The van der Waals surface area contributed by atoms with Gasteiger partial charge in [0.25, 0.3) is 17.7 Å². The van der Waals surface area contributed by atoms with Gasteiger partial charge in [0.2, 0.25) is 0 Å². The van der Waals surface area contributed by atoms with Crippen molar-refractivity contribution in [2.24, 2.45) is 17.2 Å². The minimum atomic E-state index is -5.16. The lowest BCUT2D eigenvalue weighted by molar-refractivity contribution is -0.138. The van der Waals surface area contributed by atoms with Crippen LogP contribution in [0.1, 0.15) is 116 Å². The Balaban J connectivity index is 1.10. The molecule has 0 aliphatic rings. The highest BCUT2D eigenvalue weighted by Gasteiger charge is 2.48. The van der Waals surface area contributed by atoms with Gasteiger partial charge in [0.15, 0.2) is 0 Å². The summed E-state index contributed by atoms with van der Waals surface area (Å²) in [6, 6.07) is 13.9. The molecule has 6 aromatic heterocycles.